The second kappa shape index (κ2) is 16.1. The van der Waals surface area contributed by atoms with E-state index >= 15 is 0 Å². The number of para-hydroxylation sites is 2. The number of benzene rings is 10. The third-order valence-corrected chi connectivity index (χ3v) is 12.0. The van der Waals surface area contributed by atoms with Crippen molar-refractivity contribution in [2.24, 2.45) is 0 Å². The molecule has 11 rings (SSSR count). The van der Waals surface area contributed by atoms with Gasteiger partial charge in [-0.25, -0.2) is 0 Å². The second-order valence-electron chi connectivity index (χ2n) is 15.7. The highest BCUT2D eigenvalue weighted by atomic mass is 15.1. The molecule has 0 aliphatic carbocycles. The Hall–Kier alpha value is -8.20. The van der Waals surface area contributed by atoms with E-state index in [0.29, 0.717) is 0 Å². The molecule has 0 N–H and O–H groups in total. The molecule has 0 unspecified atom stereocenters. The lowest BCUT2D eigenvalue weighted by Gasteiger charge is -2.29. The van der Waals surface area contributed by atoms with Crippen LogP contribution in [-0.2, 0) is 0 Å². The first-order chi connectivity index (χ1) is 30.8. The van der Waals surface area contributed by atoms with E-state index in [9.17, 15) is 0 Å². The van der Waals surface area contributed by atoms with Crippen LogP contribution in [0.1, 0.15) is 0 Å². The molecule has 0 saturated carbocycles. The standard InChI is InChI=1S/C60H42N2/c1-5-18-43(19-6-1)46-32-35-51(36-33-46)61(59-39-34-49(45-22-9-3-10-23-45)41-56(59)47-24-11-4-12-25-47)52-37-38-55-54-29-14-16-31-58(54)62(60(55)42-52)57-30-15-13-28-53(57)50-27-17-26-48(40-50)44-20-7-2-8-21-44/h1-42H. The van der Waals surface area contributed by atoms with Crippen molar-refractivity contribution in [2.75, 3.05) is 4.90 Å². The minimum Gasteiger partial charge on any atom is -0.310 e. The van der Waals surface area contributed by atoms with Gasteiger partial charge in [-0.05, 0) is 99.1 Å². The van der Waals surface area contributed by atoms with E-state index in [4.69, 9.17) is 0 Å². The quantitative estimate of drug-likeness (QED) is 0.141. The molecule has 0 fully saturated rings. The van der Waals surface area contributed by atoms with Crippen LogP contribution >= 0.6 is 0 Å². The summed E-state index contributed by atoms with van der Waals surface area (Å²) in [6.45, 7) is 0. The second-order valence-corrected chi connectivity index (χ2v) is 15.7. The van der Waals surface area contributed by atoms with Crippen molar-refractivity contribution in [2.45, 2.75) is 0 Å². The molecule has 62 heavy (non-hydrogen) atoms. The van der Waals surface area contributed by atoms with Crippen LogP contribution in [0.4, 0.5) is 17.1 Å². The SMILES string of the molecule is c1ccc(-c2ccc(N(c3ccc4c5ccccc5n(-c5ccccc5-c5cccc(-c6ccccc6)c5)c4c3)c3ccc(-c4ccccc4)cc3-c3ccccc3)cc2)cc1. The number of hydrogen-bond donors (Lipinski definition) is 0. The van der Waals surface area contributed by atoms with Crippen molar-refractivity contribution in [3.05, 3.63) is 255 Å². The Morgan fingerprint density at radius 3 is 1.44 bits per heavy atom. The first-order valence-electron chi connectivity index (χ1n) is 21.3. The van der Waals surface area contributed by atoms with Gasteiger partial charge in [0.05, 0.1) is 22.4 Å². The maximum absolute atomic E-state index is 2.46. The number of nitrogens with zero attached hydrogens (tertiary/aromatic N) is 2. The summed E-state index contributed by atoms with van der Waals surface area (Å²) in [4.78, 5) is 2.43. The third-order valence-electron chi connectivity index (χ3n) is 12.0. The lowest BCUT2D eigenvalue weighted by Crippen LogP contribution is -2.11. The van der Waals surface area contributed by atoms with Gasteiger partial charge in [0, 0.05) is 33.3 Å². The Labute approximate surface area is 362 Å². The maximum Gasteiger partial charge on any atom is 0.0562 e. The van der Waals surface area contributed by atoms with Crippen LogP contribution in [-0.4, -0.2) is 4.57 Å². The van der Waals surface area contributed by atoms with Gasteiger partial charge >= 0.3 is 0 Å². The summed E-state index contributed by atoms with van der Waals surface area (Å²) in [5, 5.41) is 2.43. The molecule has 0 radical (unpaired) electrons. The van der Waals surface area contributed by atoms with Gasteiger partial charge in [-0.15, -0.1) is 0 Å². The van der Waals surface area contributed by atoms with Crippen molar-refractivity contribution in [3.63, 3.8) is 0 Å². The number of anilines is 3. The van der Waals surface area contributed by atoms with E-state index in [1.807, 2.05) is 0 Å². The van der Waals surface area contributed by atoms with Gasteiger partial charge in [0.1, 0.15) is 0 Å². The van der Waals surface area contributed by atoms with E-state index in [0.717, 1.165) is 39.4 Å². The summed E-state index contributed by atoms with van der Waals surface area (Å²) in [5.74, 6) is 0. The molecule has 0 aliphatic heterocycles. The summed E-state index contributed by atoms with van der Waals surface area (Å²) in [6, 6.07) is 92.2. The molecule has 11 aromatic rings. The lowest BCUT2D eigenvalue weighted by molar-refractivity contribution is 1.18. The molecule has 10 aromatic carbocycles. The minimum atomic E-state index is 1.07. The molecule has 1 aromatic heterocycles. The molecule has 0 bridgehead atoms. The van der Waals surface area contributed by atoms with E-state index in [2.05, 4.69) is 264 Å². The molecule has 0 amide bonds. The fraction of sp³-hybridized carbons (Fsp3) is 0. The number of rotatable bonds is 9. The predicted octanol–water partition coefficient (Wildman–Crippen LogP) is 16.6. The van der Waals surface area contributed by atoms with Crippen LogP contribution in [0.3, 0.4) is 0 Å². The number of fused-ring (bicyclic) bond motifs is 3. The Bertz CT molecular complexity index is 3310. The predicted molar refractivity (Wildman–Crippen MR) is 263 cm³/mol. The van der Waals surface area contributed by atoms with Crippen LogP contribution < -0.4 is 4.90 Å². The van der Waals surface area contributed by atoms with Crippen LogP contribution in [0.15, 0.2) is 255 Å². The molecule has 2 heteroatoms. The first-order valence-corrected chi connectivity index (χ1v) is 21.3. The summed E-state index contributed by atoms with van der Waals surface area (Å²) >= 11 is 0. The highest BCUT2D eigenvalue weighted by Crippen LogP contribution is 2.45. The zero-order valence-corrected chi connectivity index (χ0v) is 34.1. The van der Waals surface area contributed by atoms with Crippen LogP contribution in [0.25, 0.3) is 83.1 Å². The highest BCUT2D eigenvalue weighted by Gasteiger charge is 2.22. The topological polar surface area (TPSA) is 8.17 Å². The van der Waals surface area contributed by atoms with Crippen molar-refractivity contribution < 1.29 is 0 Å². The smallest absolute Gasteiger partial charge is 0.0562 e. The molecule has 2 nitrogen and oxygen atoms in total. The van der Waals surface area contributed by atoms with Crippen LogP contribution in [0.2, 0.25) is 0 Å². The molecule has 0 aliphatic rings. The van der Waals surface area contributed by atoms with Crippen molar-refractivity contribution in [1.29, 1.82) is 0 Å². The molecular weight excluding hydrogens is 749 g/mol. The Kier molecular flexibility index (Phi) is 9.57. The fourth-order valence-electron chi connectivity index (χ4n) is 9.02. The average molecular weight is 791 g/mol. The fourth-order valence-corrected chi connectivity index (χ4v) is 9.02. The number of hydrogen-bond acceptors (Lipinski definition) is 1. The zero-order valence-electron chi connectivity index (χ0n) is 34.1. The Balaban J connectivity index is 1.14. The molecule has 0 atom stereocenters. The Morgan fingerprint density at radius 2 is 0.742 bits per heavy atom. The molecule has 0 spiro atoms. The summed E-state index contributed by atoms with van der Waals surface area (Å²) < 4.78 is 2.46. The Morgan fingerprint density at radius 1 is 0.258 bits per heavy atom. The van der Waals surface area contributed by atoms with Gasteiger partial charge in [0.25, 0.3) is 0 Å². The van der Waals surface area contributed by atoms with Crippen molar-refractivity contribution in [3.8, 4) is 61.3 Å². The van der Waals surface area contributed by atoms with Gasteiger partial charge in [-0.2, -0.15) is 0 Å². The summed E-state index contributed by atoms with van der Waals surface area (Å²) in [5.41, 5.74) is 18.5. The van der Waals surface area contributed by atoms with E-state index < -0.39 is 0 Å². The van der Waals surface area contributed by atoms with Gasteiger partial charge in [-0.1, -0.05) is 200 Å². The first kappa shape index (κ1) is 36.8. The summed E-state index contributed by atoms with van der Waals surface area (Å²) in [6.07, 6.45) is 0. The molecular formula is C60H42N2. The monoisotopic (exact) mass is 790 g/mol. The normalized spacial score (nSPS) is 11.2. The van der Waals surface area contributed by atoms with E-state index in [-0.39, 0.29) is 0 Å². The third kappa shape index (κ3) is 6.84. The van der Waals surface area contributed by atoms with E-state index in [1.165, 1.54) is 60.8 Å². The van der Waals surface area contributed by atoms with Gasteiger partial charge in [0.2, 0.25) is 0 Å². The molecule has 1 heterocycles. The van der Waals surface area contributed by atoms with Crippen molar-refractivity contribution >= 4 is 38.9 Å². The minimum absolute atomic E-state index is 1.07. The van der Waals surface area contributed by atoms with Gasteiger partial charge < -0.3 is 9.47 Å². The van der Waals surface area contributed by atoms with Crippen molar-refractivity contribution in [1.82, 2.24) is 4.57 Å². The van der Waals surface area contributed by atoms with E-state index in [1.54, 1.807) is 0 Å². The van der Waals surface area contributed by atoms with Gasteiger partial charge in [0.15, 0.2) is 0 Å². The largest absolute Gasteiger partial charge is 0.310 e. The number of aromatic nitrogens is 1. The van der Waals surface area contributed by atoms with Crippen LogP contribution in [0, 0.1) is 0 Å². The highest BCUT2D eigenvalue weighted by molar-refractivity contribution is 6.11. The zero-order chi connectivity index (χ0) is 41.2. The molecule has 0 saturated heterocycles. The lowest BCUT2D eigenvalue weighted by atomic mass is 9.96. The van der Waals surface area contributed by atoms with Gasteiger partial charge in [-0.3, -0.25) is 0 Å². The average Bonchev–Trinajstić information content (AvgIpc) is 3.69. The summed E-state index contributed by atoms with van der Waals surface area (Å²) in [7, 11) is 0. The van der Waals surface area contributed by atoms with Crippen LogP contribution in [0.5, 0.6) is 0 Å². The maximum atomic E-state index is 2.46. The molecule has 292 valence electrons.